The number of halogens is 1. The van der Waals surface area contributed by atoms with Crippen LogP contribution >= 0.6 is 11.6 Å². The first-order chi connectivity index (χ1) is 6.65. The molecule has 0 aliphatic rings. The first-order valence-electron chi connectivity index (χ1n) is 4.34. The summed E-state index contributed by atoms with van der Waals surface area (Å²) in [5.41, 5.74) is -0.694. The first kappa shape index (κ1) is 16.5. The van der Waals surface area contributed by atoms with Crippen LogP contribution in [0.2, 0.25) is 0 Å². The molecule has 0 amide bonds. The Morgan fingerprint density at radius 2 is 1.29 bits per heavy atom. The van der Waals surface area contributed by atoms with E-state index in [1.807, 2.05) is 0 Å². The molecule has 3 N–H and O–H groups in total. The molecule has 6 heteroatoms. The third-order valence-electron chi connectivity index (χ3n) is 0.843. The average molecular weight is 231 g/mol. The summed E-state index contributed by atoms with van der Waals surface area (Å²) in [6, 6.07) is 0. The topological polar surface area (TPSA) is 79.2 Å². The molecule has 5 nitrogen and oxygen atoms in total. The summed E-state index contributed by atoms with van der Waals surface area (Å²) >= 11 is 4.83. The lowest BCUT2D eigenvalue weighted by molar-refractivity contribution is 0.0222. The zero-order valence-electron chi connectivity index (χ0n) is 8.36. The fraction of sp³-hybridized carbons (Fsp3) is 1.00. The van der Waals surface area contributed by atoms with Gasteiger partial charge in [0.2, 0.25) is 0 Å². The Hall–Kier alpha value is 0.0900. The molecule has 88 valence electrons. The van der Waals surface area contributed by atoms with E-state index in [0.29, 0.717) is 26.4 Å². The summed E-state index contributed by atoms with van der Waals surface area (Å²) in [6.45, 7) is 3.22. The molecule has 0 aliphatic carbocycles. The molecular weight excluding hydrogens is 212 g/mol. The second kappa shape index (κ2) is 15.6. The minimum Gasteiger partial charge on any atom is -0.394 e. The molecule has 0 aromatic rings. The van der Waals surface area contributed by atoms with Crippen LogP contribution in [0.5, 0.6) is 0 Å². The maximum Gasteiger partial charge on any atom is 0.125 e. The Kier molecular flexibility index (Phi) is 18.4. The van der Waals surface area contributed by atoms with E-state index in [1.165, 1.54) is 6.92 Å². The minimum absolute atomic E-state index is 0.0417. The maximum atomic E-state index is 8.26. The van der Waals surface area contributed by atoms with Gasteiger partial charge in [-0.15, -0.1) is 0 Å². The summed E-state index contributed by atoms with van der Waals surface area (Å²) in [4.78, 5) is 0. The molecule has 1 unspecified atom stereocenters. The Balaban J connectivity index is 0. The molecule has 0 saturated carbocycles. The molecule has 0 aliphatic heterocycles. The van der Waals surface area contributed by atoms with Crippen LogP contribution in [-0.2, 0) is 9.47 Å². The Labute approximate surface area is 89.2 Å². The van der Waals surface area contributed by atoms with Gasteiger partial charge in [-0.2, -0.15) is 0 Å². The highest BCUT2D eigenvalue weighted by atomic mass is 35.5. The fourth-order valence-corrected chi connectivity index (χ4v) is 0.451. The normalized spacial score (nSPS) is 11.8. The molecule has 0 radical (unpaired) electrons. The van der Waals surface area contributed by atoms with Gasteiger partial charge in [0, 0.05) is 0 Å². The van der Waals surface area contributed by atoms with Crippen LogP contribution in [0.3, 0.4) is 0 Å². The summed E-state index contributed by atoms with van der Waals surface area (Å²) < 4.78 is 9.75. The first-order valence-corrected chi connectivity index (χ1v) is 4.78. The van der Waals surface area contributed by atoms with Crippen LogP contribution in [0, 0.1) is 0 Å². The van der Waals surface area contributed by atoms with Gasteiger partial charge in [-0.3, -0.25) is 0 Å². The molecular formula is C8H19ClO5. The van der Waals surface area contributed by atoms with Gasteiger partial charge >= 0.3 is 0 Å². The Morgan fingerprint density at radius 1 is 1.00 bits per heavy atom. The fourth-order valence-electron chi connectivity index (χ4n) is 0.451. The van der Waals surface area contributed by atoms with Crippen molar-refractivity contribution in [3.63, 3.8) is 0 Å². The quantitative estimate of drug-likeness (QED) is 0.409. The number of aliphatic hydroxyl groups excluding tert-OH is 3. The number of alkyl halides is 1. The molecule has 0 aromatic carbocycles. The van der Waals surface area contributed by atoms with E-state index < -0.39 is 5.56 Å². The summed E-state index contributed by atoms with van der Waals surface area (Å²) in [5.74, 6) is 0. The third kappa shape index (κ3) is 29.6. The van der Waals surface area contributed by atoms with Gasteiger partial charge < -0.3 is 24.8 Å². The van der Waals surface area contributed by atoms with Gasteiger partial charge in [0.25, 0.3) is 0 Å². The standard InChI is InChI=1S/C6H14O4.C2H5ClO/c7-1-3-9-5-6-10-4-2-8;1-2(3)4/h7-8H,1-6H2;2,4H,1H3. The van der Waals surface area contributed by atoms with Crippen LogP contribution < -0.4 is 0 Å². The van der Waals surface area contributed by atoms with E-state index in [2.05, 4.69) is 0 Å². The predicted octanol–water partition coefficient (Wildman–Crippen LogP) is -0.432. The van der Waals surface area contributed by atoms with E-state index >= 15 is 0 Å². The predicted molar refractivity (Wildman–Crippen MR) is 53.3 cm³/mol. The van der Waals surface area contributed by atoms with Crippen molar-refractivity contribution in [2.75, 3.05) is 39.6 Å². The van der Waals surface area contributed by atoms with Crippen LogP contribution in [0.25, 0.3) is 0 Å². The Morgan fingerprint density at radius 3 is 1.50 bits per heavy atom. The zero-order valence-corrected chi connectivity index (χ0v) is 9.11. The number of hydrogen-bond donors (Lipinski definition) is 3. The van der Waals surface area contributed by atoms with Crippen molar-refractivity contribution in [3.05, 3.63) is 0 Å². The van der Waals surface area contributed by atoms with E-state index in [9.17, 15) is 0 Å². The lowest BCUT2D eigenvalue weighted by Crippen LogP contribution is -2.09. The van der Waals surface area contributed by atoms with Crippen molar-refractivity contribution >= 4 is 11.6 Å². The molecule has 0 fully saturated rings. The zero-order chi connectivity index (χ0) is 11.2. The van der Waals surface area contributed by atoms with Gasteiger partial charge in [-0.05, 0) is 6.92 Å². The number of hydrogen-bond acceptors (Lipinski definition) is 5. The summed E-state index contributed by atoms with van der Waals surface area (Å²) in [7, 11) is 0. The van der Waals surface area contributed by atoms with E-state index in [0.717, 1.165) is 0 Å². The number of ether oxygens (including phenoxy) is 2. The van der Waals surface area contributed by atoms with Crippen molar-refractivity contribution < 1.29 is 24.8 Å². The van der Waals surface area contributed by atoms with Crippen LogP contribution in [0.1, 0.15) is 6.92 Å². The van der Waals surface area contributed by atoms with Crippen LogP contribution in [-0.4, -0.2) is 60.5 Å². The molecule has 0 rings (SSSR count). The smallest absolute Gasteiger partial charge is 0.125 e. The van der Waals surface area contributed by atoms with Gasteiger partial charge in [0.1, 0.15) is 5.56 Å². The van der Waals surface area contributed by atoms with Crippen molar-refractivity contribution in [2.24, 2.45) is 0 Å². The van der Waals surface area contributed by atoms with Crippen molar-refractivity contribution in [1.82, 2.24) is 0 Å². The average Bonchev–Trinajstić information content (AvgIpc) is 2.10. The lowest BCUT2D eigenvalue weighted by Gasteiger charge is -2.01. The number of rotatable bonds is 7. The van der Waals surface area contributed by atoms with Crippen molar-refractivity contribution in [2.45, 2.75) is 12.5 Å². The SMILES string of the molecule is CC(O)Cl.OCCOCCOCCO. The highest BCUT2D eigenvalue weighted by Crippen LogP contribution is 1.79. The molecule has 0 heterocycles. The Bertz CT molecular complexity index is 81.0. The lowest BCUT2D eigenvalue weighted by atomic mass is 10.7. The second-order valence-electron chi connectivity index (χ2n) is 2.25. The molecule has 0 aromatic heterocycles. The van der Waals surface area contributed by atoms with Crippen molar-refractivity contribution in [1.29, 1.82) is 0 Å². The van der Waals surface area contributed by atoms with E-state index in [1.54, 1.807) is 0 Å². The molecule has 0 saturated heterocycles. The third-order valence-corrected chi connectivity index (χ3v) is 0.843. The van der Waals surface area contributed by atoms with Gasteiger partial charge in [0.15, 0.2) is 0 Å². The van der Waals surface area contributed by atoms with Gasteiger partial charge in [-0.25, -0.2) is 0 Å². The van der Waals surface area contributed by atoms with Gasteiger partial charge in [0.05, 0.1) is 39.6 Å². The van der Waals surface area contributed by atoms with Crippen LogP contribution in [0.15, 0.2) is 0 Å². The van der Waals surface area contributed by atoms with Crippen molar-refractivity contribution in [3.8, 4) is 0 Å². The van der Waals surface area contributed by atoms with E-state index in [-0.39, 0.29) is 13.2 Å². The minimum atomic E-state index is -0.694. The summed E-state index contributed by atoms with van der Waals surface area (Å²) in [5, 5.41) is 24.3. The highest BCUT2D eigenvalue weighted by Gasteiger charge is 1.86. The molecule has 0 bridgehead atoms. The highest BCUT2D eigenvalue weighted by molar-refractivity contribution is 6.19. The van der Waals surface area contributed by atoms with Crippen LogP contribution in [0.4, 0.5) is 0 Å². The monoisotopic (exact) mass is 230 g/mol. The second-order valence-corrected chi connectivity index (χ2v) is 2.88. The summed E-state index contributed by atoms with van der Waals surface area (Å²) in [6.07, 6.45) is 0. The number of aliphatic hydroxyl groups is 3. The van der Waals surface area contributed by atoms with E-state index in [4.69, 9.17) is 36.4 Å². The molecule has 1 atom stereocenters. The largest absolute Gasteiger partial charge is 0.394 e. The molecule has 14 heavy (non-hydrogen) atoms. The van der Waals surface area contributed by atoms with Gasteiger partial charge in [-0.1, -0.05) is 11.6 Å². The maximum absolute atomic E-state index is 8.26. The molecule has 0 spiro atoms.